The SMILES string of the molecule is CC(C)(C)c1ccc(N2c3cc(-c4ccccc4)cc4c3B(c3sc5ccc(C(C)(C)C)cc5c32)N2c3c-4cc(C(C)(C)C)cc3C3(C)CCCCC23C)c(-c2ccccc2)c1. The van der Waals surface area contributed by atoms with Gasteiger partial charge in [0.05, 0.1) is 11.4 Å². The molecule has 0 bridgehead atoms. The van der Waals surface area contributed by atoms with Crippen LogP contribution in [0.25, 0.3) is 43.5 Å². The van der Waals surface area contributed by atoms with Crippen LogP contribution in [0.1, 0.15) is 124 Å². The summed E-state index contributed by atoms with van der Waals surface area (Å²) in [6.07, 6.45) is 4.94. The molecule has 0 N–H and O–H groups in total. The summed E-state index contributed by atoms with van der Waals surface area (Å²) in [5, 5.41) is 1.36. The van der Waals surface area contributed by atoms with E-state index in [0.29, 0.717) is 0 Å². The van der Waals surface area contributed by atoms with Gasteiger partial charge in [0, 0.05) is 48.3 Å². The van der Waals surface area contributed by atoms with Crippen molar-refractivity contribution in [3.8, 4) is 33.4 Å². The van der Waals surface area contributed by atoms with Crippen LogP contribution in [-0.4, -0.2) is 12.4 Å². The first-order valence-electron chi connectivity index (χ1n) is 23.2. The highest BCUT2D eigenvalue weighted by atomic mass is 32.1. The summed E-state index contributed by atoms with van der Waals surface area (Å²) in [6.45, 7) is 26.7. The van der Waals surface area contributed by atoms with E-state index in [-0.39, 0.29) is 34.0 Å². The molecule has 4 heterocycles. The van der Waals surface area contributed by atoms with E-state index in [1.54, 1.807) is 5.56 Å². The Bertz CT molecular complexity index is 2960. The van der Waals surface area contributed by atoms with Crippen molar-refractivity contribution in [2.24, 2.45) is 0 Å². The summed E-state index contributed by atoms with van der Waals surface area (Å²) in [5.41, 5.74) is 20.4. The standard InChI is InChI=1S/C58H61BN2S/c1-54(2,3)39-24-26-47(42(32-39)37-22-16-13-17-23-37)60-48-31-38(36-20-14-12-15-21-36)30-43-44-34-41(56(7,8)9)35-46-51(44)61(58(11)29-19-18-28-57(46,58)10)59(50(43)48)53-52(60)45-33-40(55(4,5)6)25-27-49(45)62-53/h12-17,20-27,30-35H,18-19,28-29H2,1-11H3. The van der Waals surface area contributed by atoms with Crippen LogP contribution < -0.4 is 20.0 Å². The van der Waals surface area contributed by atoms with Crippen LogP contribution in [-0.2, 0) is 21.7 Å². The first kappa shape index (κ1) is 39.8. The molecule has 2 nitrogen and oxygen atoms in total. The molecule has 1 fully saturated rings. The lowest BCUT2D eigenvalue weighted by atomic mass is 9.45. The number of benzene rings is 6. The second-order valence-electron chi connectivity index (χ2n) is 22.5. The lowest BCUT2D eigenvalue weighted by molar-refractivity contribution is 0.199. The number of anilines is 4. The first-order valence-corrected chi connectivity index (χ1v) is 24.0. The van der Waals surface area contributed by atoms with E-state index in [0.717, 1.165) is 0 Å². The number of hydrogen-bond donors (Lipinski definition) is 0. The van der Waals surface area contributed by atoms with Gasteiger partial charge in [-0.25, -0.2) is 0 Å². The molecule has 0 amide bonds. The molecule has 3 aliphatic heterocycles. The number of thiophene rings is 1. The van der Waals surface area contributed by atoms with Crippen molar-refractivity contribution in [3.05, 3.63) is 144 Å². The van der Waals surface area contributed by atoms with Crippen molar-refractivity contribution >= 4 is 61.3 Å². The van der Waals surface area contributed by atoms with Crippen molar-refractivity contribution in [2.45, 2.75) is 129 Å². The molecule has 62 heavy (non-hydrogen) atoms. The zero-order chi connectivity index (χ0) is 43.3. The molecular weight excluding hydrogens is 768 g/mol. The summed E-state index contributed by atoms with van der Waals surface area (Å²) in [5.74, 6) is 0. The van der Waals surface area contributed by atoms with Gasteiger partial charge in [0.15, 0.2) is 0 Å². The molecule has 4 aliphatic rings. The lowest BCUT2D eigenvalue weighted by Gasteiger charge is -2.54. The Balaban J connectivity index is 1.33. The fourth-order valence-corrected chi connectivity index (χ4v) is 13.1. The van der Waals surface area contributed by atoms with Gasteiger partial charge in [0.1, 0.15) is 0 Å². The maximum Gasteiger partial charge on any atom is 0.339 e. The van der Waals surface area contributed by atoms with Crippen LogP contribution in [0.3, 0.4) is 0 Å². The van der Waals surface area contributed by atoms with E-state index in [2.05, 4.69) is 207 Å². The molecule has 0 saturated heterocycles. The molecule has 0 spiro atoms. The van der Waals surface area contributed by atoms with Gasteiger partial charge in [-0.2, -0.15) is 0 Å². The van der Waals surface area contributed by atoms with Crippen molar-refractivity contribution in [1.29, 1.82) is 0 Å². The lowest BCUT2D eigenvalue weighted by Crippen LogP contribution is -2.70. The van der Waals surface area contributed by atoms with Crippen LogP contribution >= 0.6 is 11.3 Å². The molecule has 4 heteroatoms. The number of hydrogen-bond acceptors (Lipinski definition) is 3. The molecular formula is C58H61BN2S. The van der Waals surface area contributed by atoms with Crippen LogP contribution in [0.5, 0.6) is 0 Å². The largest absolute Gasteiger partial charge is 0.399 e. The number of fused-ring (bicyclic) bond motifs is 9. The van der Waals surface area contributed by atoms with E-state index in [1.807, 2.05) is 11.3 Å². The Hall–Kier alpha value is -5.06. The van der Waals surface area contributed by atoms with Gasteiger partial charge < -0.3 is 9.71 Å². The minimum absolute atomic E-state index is 0.00313. The Kier molecular flexibility index (Phi) is 8.49. The van der Waals surface area contributed by atoms with Gasteiger partial charge >= 0.3 is 6.85 Å². The molecule has 312 valence electrons. The zero-order valence-electron chi connectivity index (χ0n) is 38.8. The summed E-state index contributed by atoms with van der Waals surface area (Å²) >= 11 is 2.04. The summed E-state index contributed by atoms with van der Waals surface area (Å²) in [4.78, 5) is 5.74. The zero-order valence-corrected chi connectivity index (χ0v) is 39.6. The Labute approximate surface area is 375 Å². The number of rotatable bonds is 3. The molecule has 2 unspecified atom stereocenters. The fraction of sp³-hybridized carbons (Fsp3) is 0.345. The Morgan fingerprint density at radius 2 is 1.15 bits per heavy atom. The fourth-order valence-electron chi connectivity index (χ4n) is 11.8. The third kappa shape index (κ3) is 5.60. The highest BCUT2D eigenvalue weighted by Gasteiger charge is 2.63. The molecule has 1 saturated carbocycles. The van der Waals surface area contributed by atoms with Gasteiger partial charge in [0.25, 0.3) is 0 Å². The highest BCUT2D eigenvalue weighted by molar-refractivity contribution is 7.32. The molecule has 2 atom stereocenters. The quantitative estimate of drug-likeness (QED) is 0.164. The minimum atomic E-state index is -0.0493. The predicted molar refractivity (Wildman–Crippen MR) is 271 cm³/mol. The average molecular weight is 829 g/mol. The van der Waals surface area contributed by atoms with Crippen molar-refractivity contribution in [3.63, 3.8) is 0 Å². The van der Waals surface area contributed by atoms with Crippen molar-refractivity contribution in [1.82, 2.24) is 0 Å². The Morgan fingerprint density at radius 3 is 1.82 bits per heavy atom. The van der Waals surface area contributed by atoms with Crippen molar-refractivity contribution in [2.75, 3.05) is 9.71 Å². The van der Waals surface area contributed by atoms with E-state index in [4.69, 9.17) is 0 Å². The third-order valence-electron chi connectivity index (χ3n) is 15.7. The van der Waals surface area contributed by atoms with Gasteiger partial charge in [-0.1, -0.05) is 161 Å². The topological polar surface area (TPSA) is 6.48 Å². The van der Waals surface area contributed by atoms with E-state index < -0.39 is 0 Å². The second-order valence-corrected chi connectivity index (χ2v) is 23.6. The monoisotopic (exact) mass is 828 g/mol. The van der Waals surface area contributed by atoms with E-state index in [1.165, 1.54) is 119 Å². The molecule has 11 rings (SSSR count). The second kappa shape index (κ2) is 13.2. The van der Waals surface area contributed by atoms with Gasteiger partial charge in [0.2, 0.25) is 0 Å². The number of nitrogens with zero attached hydrogens (tertiary/aromatic N) is 2. The molecule has 6 aromatic carbocycles. The van der Waals surface area contributed by atoms with E-state index >= 15 is 0 Å². The average Bonchev–Trinajstić information content (AvgIpc) is 3.72. The van der Waals surface area contributed by atoms with Crippen LogP contribution in [0.15, 0.2) is 121 Å². The summed E-state index contributed by atoms with van der Waals surface area (Å²) in [6, 6.07) is 47.4. The first-order chi connectivity index (χ1) is 29.4. The van der Waals surface area contributed by atoms with Crippen LogP contribution in [0.4, 0.5) is 22.7 Å². The molecule has 0 radical (unpaired) electrons. The van der Waals surface area contributed by atoms with E-state index in [9.17, 15) is 0 Å². The van der Waals surface area contributed by atoms with Crippen molar-refractivity contribution < 1.29 is 0 Å². The van der Waals surface area contributed by atoms with Crippen LogP contribution in [0.2, 0.25) is 0 Å². The van der Waals surface area contributed by atoms with Crippen LogP contribution in [0, 0.1) is 0 Å². The Morgan fingerprint density at radius 1 is 0.532 bits per heavy atom. The summed E-state index contributed by atoms with van der Waals surface area (Å²) in [7, 11) is 0. The summed E-state index contributed by atoms with van der Waals surface area (Å²) < 4.78 is 2.83. The van der Waals surface area contributed by atoms with Gasteiger partial charge in [-0.15, -0.1) is 11.3 Å². The maximum absolute atomic E-state index is 3.01. The van der Waals surface area contributed by atoms with Gasteiger partial charge in [-0.05, 0) is 128 Å². The highest BCUT2D eigenvalue weighted by Crippen LogP contribution is 2.64. The van der Waals surface area contributed by atoms with Gasteiger partial charge in [-0.3, -0.25) is 0 Å². The molecule has 7 aromatic rings. The smallest absolute Gasteiger partial charge is 0.339 e. The normalized spacial score (nSPS) is 20.3. The molecule has 1 aromatic heterocycles. The maximum atomic E-state index is 3.01. The molecule has 1 aliphatic carbocycles. The third-order valence-corrected chi connectivity index (χ3v) is 16.9. The minimum Gasteiger partial charge on any atom is -0.399 e. The predicted octanol–water partition coefficient (Wildman–Crippen LogP) is 15.1.